The maximum Gasteiger partial charge on any atom is 0.207 e. The molecule has 1 aliphatic heterocycles. The molecule has 332 valence electrons. The first kappa shape index (κ1) is 47.9. The van der Waals surface area contributed by atoms with E-state index in [2.05, 4.69) is 142 Å². The van der Waals surface area contributed by atoms with Gasteiger partial charge in [0, 0.05) is 12.1 Å². The Balaban J connectivity index is 1.62. The molecule has 4 atom stereocenters. The zero-order valence-electron chi connectivity index (χ0n) is 39.2. The molecule has 2 aromatic heterocycles. The van der Waals surface area contributed by atoms with Crippen LogP contribution in [0.2, 0.25) is 54.4 Å². The minimum absolute atomic E-state index is 0.0125. The maximum absolute atomic E-state index is 7.51. The van der Waals surface area contributed by atoms with Gasteiger partial charge in [-0.2, -0.15) is 0 Å². The lowest BCUT2D eigenvalue weighted by atomic mass is 10.0. The summed E-state index contributed by atoms with van der Waals surface area (Å²) in [5.41, 5.74) is 16.5. The number of nitrogens with zero attached hydrogens (tertiary/aromatic N) is 4. The van der Waals surface area contributed by atoms with Crippen molar-refractivity contribution in [2.45, 2.75) is 161 Å². The Morgan fingerprint density at radius 3 is 2.00 bits per heavy atom. The number of imidazole rings is 1. The maximum atomic E-state index is 7.51. The molecule has 0 spiro atoms. The third kappa shape index (κ3) is 10.7. The van der Waals surface area contributed by atoms with Crippen LogP contribution in [0.3, 0.4) is 0 Å². The summed E-state index contributed by atoms with van der Waals surface area (Å²) in [7, 11) is -7.00. The summed E-state index contributed by atoms with van der Waals surface area (Å²) in [5.74, 6) is 1.65. The summed E-state index contributed by atoms with van der Waals surface area (Å²) < 4.78 is 37.6. The number of nitrogens with one attached hydrogen (secondary N) is 1. The van der Waals surface area contributed by atoms with Crippen LogP contribution in [0.4, 0.5) is 11.8 Å². The quantitative estimate of drug-likeness (QED) is 0.0686. The van der Waals surface area contributed by atoms with Crippen molar-refractivity contribution in [3.05, 3.63) is 60.4 Å². The zero-order valence-corrected chi connectivity index (χ0v) is 42.2. The molecule has 3 heterocycles. The average molecular weight is 878 g/mol. The molecule has 0 unspecified atom stereocenters. The van der Waals surface area contributed by atoms with Gasteiger partial charge in [0.05, 0.1) is 13.2 Å². The molecule has 0 amide bonds. The number of fused-ring (bicyclic) bond motifs is 1. The average Bonchev–Trinajstić information content (AvgIpc) is 3.67. The van der Waals surface area contributed by atoms with E-state index in [1.54, 1.807) is 0 Å². The molecule has 12 nitrogen and oxygen atoms in total. The summed E-state index contributed by atoms with van der Waals surface area (Å²) in [6.07, 6.45) is 1.22. The second-order valence-corrected chi connectivity index (χ2v) is 35.3. The van der Waals surface area contributed by atoms with Crippen molar-refractivity contribution in [3.63, 3.8) is 0 Å². The fourth-order valence-corrected chi connectivity index (χ4v) is 10.0. The van der Waals surface area contributed by atoms with E-state index in [0.29, 0.717) is 43.4 Å². The first-order chi connectivity index (χ1) is 27.8. The predicted molar refractivity (Wildman–Crippen MR) is 254 cm³/mol. The summed E-state index contributed by atoms with van der Waals surface area (Å²) in [5, 5.41) is 3.52. The molecule has 1 fully saturated rings. The number of aromatic nitrogens is 4. The SMILES string of the molecule is CC(C)(C)[Si](C)(C)OC[C@H]1O[C@@H](n2c(NCc3ccc(-c4ccccc4)c(OCCCCN)c3)nc3c(N)ncnc32)[C@H](O[Si](C)(C)C(C)(C)C)[C@@H]1O[Si](C)(C)C(C)(C)C. The minimum Gasteiger partial charge on any atom is -0.493 e. The van der Waals surface area contributed by atoms with E-state index in [-0.39, 0.29) is 20.9 Å². The van der Waals surface area contributed by atoms with Crippen molar-refractivity contribution in [2.24, 2.45) is 5.73 Å². The number of nitrogen functional groups attached to an aromatic ring is 1. The van der Waals surface area contributed by atoms with Crippen molar-refractivity contribution in [3.8, 4) is 16.9 Å². The minimum atomic E-state index is -2.44. The fourth-order valence-electron chi connectivity index (χ4n) is 6.41. The number of hydrogen-bond donors (Lipinski definition) is 3. The zero-order chi connectivity index (χ0) is 44.5. The number of anilines is 2. The fraction of sp³-hybridized carbons (Fsp3) is 0.622. The number of unbranched alkanes of at least 4 members (excludes halogenated alkanes) is 1. The summed E-state index contributed by atoms with van der Waals surface area (Å²) in [4.78, 5) is 14.2. The van der Waals surface area contributed by atoms with Gasteiger partial charge < -0.3 is 39.5 Å². The lowest BCUT2D eigenvalue weighted by Gasteiger charge is -2.44. The highest BCUT2D eigenvalue weighted by molar-refractivity contribution is 6.75. The van der Waals surface area contributed by atoms with Gasteiger partial charge in [-0.25, -0.2) is 15.0 Å². The normalized spacial score (nSPS) is 19.6. The van der Waals surface area contributed by atoms with Crippen molar-refractivity contribution < 1.29 is 22.8 Å². The van der Waals surface area contributed by atoms with Gasteiger partial charge in [-0.15, -0.1) is 0 Å². The second-order valence-electron chi connectivity index (χ2n) is 21.0. The molecule has 5 rings (SSSR count). The Labute approximate surface area is 363 Å². The van der Waals surface area contributed by atoms with E-state index in [1.807, 2.05) is 22.8 Å². The molecule has 0 radical (unpaired) electrons. The highest BCUT2D eigenvalue weighted by atomic mass is 28.4. The van der Waals surface area contributed by atoms with E-state index >= 15 is 0 Å². The number of benzene rings is 2. The monoisotopic (exact) mass is 878 g/mol. The van der Waals surface area contributed by atoms with Crippen LogP contribution in [0.1, 0.15) is 86.9 Å². The van der Waals surface area contributed by atoms with Crippen LogP contribution < -0.4 is 21.5 Å². The van der Waals surface area contributed by atoms with Crippen LogP contribution in [0, 0.1) is 0 Å². The van der Waals surface area contributed by atoms with Gasteiger partial charge in [-0.3, -0.25) is 4.57 Å². The van der Waals surface area contributed by atoms with E-state index in [9.17, 15) is 0 Å². The summed E-state index contributed by atoms with van der Waals surface area (Å²) in [6, 6.07) is 16.7. The molecule has 1 aliphatic rings. The molecule has 60 heavy (non-hydrogen) atoms. The summed E-state index contributed by atoms with van der Waals surface area (Å²) in [6.45, 7) is 36.1. The number of ether oxygens (including phenoxy) is 2. The van der Waals surface area contributed by atoms with Crippen molar-refractivity contribution in [2.75, 3.05) is 30.8 Å². The molecular formula is C45H75N7O5Si3. The Kier molecular flexibility index (Phi) is 14.6. The van der Waals surface area contributed by atoms with Crippen molar-refractivity contribution in [1.82, 2.24) is 19.5 Å². The van der Waals surface area contributed by atoms with Gasteiger partial charge >= 0.3 is 0 Å². The first-order valence-corrected chi connectivity index (χ1v) is 30.4. The molecule has 0 aliphatic carbocycles. The third-order valence-corrected chi connectivity index (χ3v) is 26.8. The van der Waals surface area contributed by atoms with E-state index in [1.165, 1.54) is 6.33 Å². The van der Waals surface area contributed by atoms with Crippen LogP contribution in [0.15, 0.2) is 54.9 Å². The lowest BCUT2D eigenvalue weighted by molar-refractivity contribution is -0.0461. The van der Waals surface area contributed by atoms with Crippen LogP contribution in [0.25, 0.3) is 22.3 Å². The van der Waals surface area contributed by atoms with Gasteiger partial charge in [0.25, 0.3) is 0 Å². The van der Waals surface area contributed by atoms with Gasteiger partial charge in [0.1, 0.15) is 30.4 Å². The van der Waals surface area contributed by atoms with Crippen LogP contribution >= 0.6 is 0 Å². The Morgan fingerprint density at radius 1 is 0.783 bits per heavy atom. The van der Waals surface area contributed by atoms with Crippen molar-refractivity contribution >= 4 is 47.9 Å². The van der Waals surface area contributed by atoms with Gasteiger partial charge in [-0.05, 0) is 91.0 Å². The highest BCUT2D eigenvalue weighted by Gasteiger charge is 2.55. The number of nitrogens with two attached hydrogens (primary N) is 2. The molecule has 2 aromatic carbocycles. The largest absolute Gasteiger partial charge is 0.493 e. The smallest absolute Gasteiger partial charge is 0.207 e. The van der Waals surface area contributed by atoms with E-state index in [0.717, 1.165) is 35.3 Å². The van der Waals surface area contributed by atoms with Gasteiger partial charge in [0.15, 0.2) is 48.2 Å². The lowest BCUT2D eigenvalue weighted by Crippen LogP contribution is -2.54. The molecule has 4 aromatic rings. The third-order valence-electron chi connectivity index (χ3n) is 13.4. The Hall–Kier alpha value is -3.16. The number of hydrogen-bond acceptors (Lipinski definition) is 11. The van der Waals surface area contributed by atoms with Gasteiger partial charge in [-0.1, -0.05) is 105 Å². The molecule has 0 bridgehead atoms. The Morgan fingerprint density at radius 2 is 1.40 bits per heavy atom. The van der Waals surface area contributed by atoms with Crippen molar-refractivity contribution in [1.29, 1.82) is 0 Å². The molecule has 1 saturated heterocycles. The van der Waals surface area contributed by atoms with E-state index < -0.39 is 49.5 Å². The van der Waals surface area contributed by atoms with Crippen LogP contribution in [-0.4, -0.2) is 82.5 Å². The topological polar surface area (TPSA) is 154 Å². The number of rotatable bonds is 17. The van der Waals surface area contributed by atoms with E-state index in [4.69, 9.17) is 44.2 Å². The molecule has 15 heteroatoms. The second kappa shape index (κ2) is 18.3. The standard InChI is InChI=1S/C45H75N7O5Si3/c1-43(2,3)58(10,11)54-29-35-37(56-59(12,13)44(4,5)6)38(57-60(14,15)45(7,8)9)41(55-35)52-40-36(39(47)49-30-50-40)51-42(52)48-28-31-23-24-33(32-21-17-16-18-22-32)34(27-31)53-26-20-19-25-46/h16-18,21-24,27,30,35,37-38,41H,19-20,25-26,28-29,46H2,1-15H3,(H,48,51)(H2,47,49,50)/t35-,37-,38-,41-/m1/s1. The van der Waals surface area contributed by atoms with Gasteiger partial charge in [0.2, 0.25) is 5.95 Å². The van der Waals surface area contributed by atoms with Crippen LogP contribution in [0.5, 0.6) is 5.75 Å². The first-order valence-electron chi connectivity index (χ1n) is 21.7. The molecular weight excluding hydrogens is 803 g/mol. The highest BCUT2D eigenvalue weighted by Crippen LogP contribution is 2.48. The van der Waals surface area contributed by atoms with Crippen LogP contribution in [-0.2, 0) is 24.6 Å². The molecule has 5 N–H and O–H groups in total. The summed E-state index contributed by atoms with van der Waals surface area (Å²) >= 11 is 0. The predicted octanol–water partition coefficient (Wildman–Crippen LogP) is 10.5. The molecule has 0 saturated carbocycles. The Bertz CT molecular complexity index is 2040.